The van der Waals surface area contributed by atoms with Crippen molar-refractivity contribution in [3.8, 4) is 0 Å². The fourth-order valence-corrected chi connectivity index (χ4v) is 1.82. The number of hydrogen-bond acceptors (Lipinski definition) is 3. The van der Waals surface area contributed by atoms with Gasteiger partial charge in [-0.2, -0.15) is 0 Å². The van der Waals surface area contributed by atoms with Gasteiger partial charge in [0.2, 0.25) is 0 Å². The summed E-state index contributed by atoms with van der Waals surface area (Å²) in [5, 5.41) is 11.4. The van der Waals surface area contributed by atoms with E-state index in [9.17, 15) is 9.59 Å². The average molecular weight is 335 g/mol. The van der Waals surface area contributed by atoms with Gasteiger partial charge in [0.25, 0.3) is 5.91 Å². The summed E-state index contributed by atoms with van der Waals surface area (Å²) >= 11 is 3.25. The summed E-state index contributed by atoms with van der Waals surface area (Å²) in [6, 6.07) is 10.00. The molecule has 1 amide bonds. The van der Waals surface area contributed by atoms with E-state index in [1.165, 1.54) is 0 Å². The fraction of sp³-hybridized carbons (Fsp3) is 0.0714. The zero-order chi connectivity index (χ0) is 14.5. The van der Waals surface area contributed by atoms with Crippen LogP contribution in [0.3, 0.4) is 0 Å². The molecule has 2 N–H and O–H groups in total. The Balaban J connectivity index is 2.04. The maximum Gasteiger partial charge on any atom is 0.307 e. The summed E-state index contributed by atoms with van der Waals surface area (Å²) in [6.45, 7) is 0. The number of nitrogens with one attached hydrogen (secondary N) is 1. The number of aliphatic carboxylic acids is 1. The number of halogens is 1. The second-order valence-electron chi connectivity index (χ2n) is 4.08. The van der Waals surface area contributed by atoms with Gasteiger partial charge in [-0.3, -0.25) is 9.59 Å². The van der Waals surface area contributed by atoms with Gasteiger partial charge in [0.15, 0.2) is 0 Å². The topological polar surface area (TPSA) is 79.3 Å². The molecule has 5 nitrogen and oxygen atoms in total. The number of rotatable bonds is 4. The maximum atomic E-state index is 11.9. The summed E-state index contributed by atoms with van der Waals surface area (Å²) in [4.78, 5) is 26.5. The van der Waals surface area contributed by atoms with Crippen LogP contribution < -0.4 is 5.32 Å². The first kappa shape index (κ1) is 14.2. The molecule has 0 aliphatic carbocycles. The number of carbonyl (C=O) groups excluding carboxylic acids is 1. The minimum Gasteiger partial charge on any atom is -0.481 e. The monoisotopic (exact) mass is 334 g/mol. The Morgan fingerprint density at radius 1 is 1.15 bits per heavy atom. The molecule has 1 aromatic carbocycles. The SMILES string of the molecule is O=C(O)Cc1ccc(NC(=O)c2ccc(Br)cn2)cc1. The molecular weight excluding hydrogens is 324 g/mol. The number of nitrogens with zero attached hydrogens (tertiary/aromatic N) is 1. The molecule has 0 saturated carbocycles. The quantitative estimate of drug-likeness (QED) is 0.900. The number of carbonyl (C=O) groups is 2. The first-order valence-electron chi connectivity index (χ1n) is 5.78. The van der Waals surface area contributed by atoms with E-state index in [2.05, 4.69) is 26.2 Å². The Bertz CT molecular complexity index is 624. The molecule has 0 aliphatic heterocycles. The predicted molar refractivity (Wildman–Crippen MR) is 77.7 cm³/mol. The Morgan fingerprint density at radius 2 is 1.85 bits per heavy atom. The second kappa shape index (κ2) is 6.29. The van der Waals surface area contributed by atoms with Crippen molar-refractivity contribution in [1.82, 2.24) is 4.98 Å². The van der Waals surface area contributed by atoms with E-state index in [0.717, 1.165) is 4.47 Å². The maximum absolute atomic E-state index is 11.9. The van der Waals surface area contributed by atoms with Gasteiger partial charge in [-0.25, -0.2) is 4.98 Å². The van der Waals surface area contributed by atoms with Crippen LogP contribution in [0.25, 0.3) is 0 Å². The number of benzene rings is 1. The molecule has 0 spiro atoms. The van der Waals surface area contributed by atoms with Crippen LogP contribution in [-0.2, 0) is 11.2 Å². The van der Waals surface area contributed by atoms with Crippen molar-refractivity contribution in [2.45, 2.75) is 6.42 Å². The number of carboxylic acid groups (broad SMARTS) is 1. The van der Waals surface area contributed by atoms with E-state index in [1.54, 1.807) is 42.6 Å². The highest BCUT2D eigenvalue weighted by atomic mass is 79.9. The van der Waals surface area contributed by atoms with E-state index in [-0.39, 0.29) is 12.3 Å². The molecule has 0 saturated heterocycles. The summed E-state index contributed by atoms with van der Waals surface area (Å²) in [7, 11) is 0. The average Bonchev–Trinajstić information content (AvgIpc) is 2.41. The molecule has 20 heavy (non-hydrogen) atoms. The van der Waals surface area contributed by atoms with E-state index >= 15 is 0 Å². The number of pyridine rings is 1. The molecule has 2 rings (SSSR count). The van der Waals surface area contributed by atoms with E-state index in [0.29, 0.717) is 16.9 Å². The van der Waals surface area contributed by atoms with Crippen molar-refractivity contribution in [2.24, 2.45) is 0 Å². The molecule has 0 fully saturated rings. The molecule has 102 valence electrons. The molecule has 0 radical (unpaired) electrons. The number of carboxylic acids is 1. The molecule has 6 heteroatoms. The lowest BCUT2D eigenvalue weighted by molar-refractivity contribution is -0.136. The van der Waals surface area contributed by atoms with Gasteiger partial charge in [0, 0.05) is 16.4 Å². The largest absolute Gasteiger partial charge is 0.481 e. The van der Waals surface area contributed by atoms with Crippen LogP contribution in [0, 0.1) is 0 Å². The van der Waals surface area contributed by atoms with Crippen LogP contribution in [0.15, 0.2) is 47.1 Å². The summed E-state index contributed by atoms with van der Waals surface area (Å²) in [5.74, 6) is -1.20. The van der Waals surface area contributed by atoms with Gasteiger partial charge in [0.1, 0.15) is 5.69 Å². The Morgan fingerprint density at radius 3 is 2.40 bits per heavy atom. The van der Waals surface area contributed by atoms with E-state index in [1.807, 2.05) is 0 Å². The van der Waals surface area contributed by atoms with Gasteiger partial charge < -0.3 is 10.4 Å². The Labute approximate surface area is 123 Å². The smallest absolute Gasteiger partial charge is 0.307 e. The minimum atomic E-state index is -0.888. The van der Waals surface area contributed by atoms with Gasteiger partial charge in [0.05, 0.1) is 6.42 Å². The van der Waals surface area contributed by atoms with Gasteiger partial charge in [-0.15, -0.1) is 0 Å². The zero-order valence-electron chi connectivity index (χ0n) is 10.3. The predicted octanol–water partition coefficient (Wildman–Crippen LogP) is 2.72. The van der Waals surface area contributed by atoms with Gasteiger partial charge in [-0.1, -0.05) is 12.1 Å². The summed E-state index contributed by atoms with van der Waals surface area (Å²) in [5.41, 5.74) is 1.58. The number of anilines is 1. The van der Waals surface area contributed by atoms with Crippen molar-refractivity contribution >= 4 is 33.5 Å². The number of hydrogen-bond donors (Lipinski definition) is 2. The molecule has 1 heterocycles. The van der Waals surface area contributed by atoms with Crippen molar-refractivity contribution in [1.29, 1.82) is 0 Å². The highest BCUT2D eigenvalue weighted by Gasteiger charge is 2.07. The highest BCUT2D eigenvalue weighted by molar-refractivity contribution is 9.10. The van der Waals surface area contributed by atoms with Crippen LogP contribution in [0.2, 0.25) is 0 Å². The van der Waals surface area contributed by atoms with E-state index < -0.39 is 5.97 Å². The third kappa shape index (κ3) is 3.89. The molecular formula is C14H11BrN2O3. The fourth-order valence-electron chi connectivity index (χ4n) is 1.59. The third-order valence-corrected chi connectivity index (χ3v) is 3.00. The highest BCUT2D eigenvalue weighted by Crippen LogP contribution is 2.12. The van der Waals surface area contributed by atoms with Crippen LogP contribution >= 0.6 is 15.9 Å². The lowest BCUT2D eigenvalue weighted by Crippen LogP contribution is -2.13. The van der Waals surface area contributed by atoms with Crippen LogP contribution in [-0.4, -0.2) is 22.0 Å². The number of amides is 1. The molecule has 0 unspecified atom stereocenters. The normalized spacial score (nSPS) is 10.1. The number of aromatic nitrogens is 1. The minimum absolute atomic E-state index is 0.0392. The second-order valence-corrected chi connectivity index (χ2v) is 5.00. The Kier molecular flexibility index (Phi) is 4.47. The molecule has 0 atom stereocenters. The first-order valence-corrected chi connectivity index (χ1v) is 6.57. The summed E-state index contributed by atoms with van der Waals surface area (Å²) < 4.78 is 0.798. The standard InChI is InChI=1S/C14H11BrN2O3/c15-10-3-6-12(16-8-10)14(20)17-11-4-1-9(2-5-11)7-13(18)19/h1-6,8H,7H2,(H,17,20)(H,18,19). The van der Waals surface area contributed by atoms with Crippen LogP contribution in [0.5, 0.6) is 0 Å². The van der Waals surface area contributed by atoms with Crippen molar-refractivity contribution in [3.05, 3.63) is 58.3 Å². The zero-order valence-corrected chi connectivity index (χ0v) is 11.9. The lowest BCUT2D eigenvalue weighted by Gasteiger charge is -2.05. The lowest BCUT2D eigenvalue weighted by atomic mass is 10.1. The molecule has 2 aromatic rings. The third-order valence-electron chi connectivity index (χ3n) is 2.53. The molecule has 0 aliphatic rings. The summed E-state index contributed by atoms with van der Waals surface area (Å²) in [6.07, 6.45) is 1.51. The molecule has 0 bridgehead atoms. The van der Waals surface area contributed by atoms with Gasteiger partial charge in [-0.05, 0) is 45.8 Å². The van der Waals surface area contributed by atoms with Crippen molar-refractivity contribution < 1.29 is 14.7 Å². The van der Waals surface area contributed by atoms with Gasteiger partial charge >= 0.3 is 5.97 Å². The van der Waals surface area contributed by atoms with Crippen molar-refractivity contribution in [3.63, 3.8) is 0 Å². The Hall–Kier alpha value is -2.21. The van der Waals surface area contributed by atoms with E-state index in [4.69, 9.17) is 5.11 Å². The van der Waals surface area contributed by atoms with Crippen LogP contribution in [0.4, 0.5) is 5.69 Å². The molecule has 1 aromatic heterocycles. The first-order chi connectivity index (χ1) is 9.54. The van der Waals surface area contributed by atoms with Crippen molar-refractivity contribution in [2.75, 3.05) is 5.32 Å². The van der Waals surface area contributed by atoms with Crippen LogP contribution in [0.1, 0.15) is 16.1 Å².